The Morgan fingerprint density at radius 2 is 2.28 bits per heavy atom. The van der Waals surface area contributed by atoms with Crippen molar-refractivity contribution in [2.75, 3.05) is 25.0 Å². The van der Waals surface area contributed by atoms with Crippen LogP contribution in [0.5, 0.6) is 0 Å². The summed E-state index contributed by atoms with van der Waals surface area (Å²) in [6.45, 7) is 5.55. The molecule has 1 unspecified atom stereocenters. The Morgan fingerprint density at radius 3 is 2.89 bits per heavy atom. The number of carbonyl (C=O) groups excluding carboxylic acids is 1. The summed E-state index contributed by atoms with van der Waals surface area (Å²) in [5, 5.41) is 12.0. The number of carbonyl (C=O) groups is 1. The molecule has 4 heteroatoms. The molecule has 0 saturated carbocycles. The fourth-order valence-electron chi connectivity index (χ4n) is 2.31. The topological polar surface area (TPSA) is 52.6 Å². The number of hydrogen-bond donors (Lipinski definition) is 2. The quantitative estimate of drug-likeness (QED) is 0.842. The molecule has 98 valence electrons. The second-order valence-corrected chi connectivity index (χ2v) is 5.03. The van der Waals surface area contributed by atoms with Crippen molar-refractivity contribution in [2.24, 2.45) is 5.92 Å². The fraction of sp³-hybridized carbons (Fsp3) is 0.500. The molecule has 18 heavy (non-hydrogen) atoms. The second-order valence-electron chi connectivity index (χ2n) is 5.03. The van der Waals surface area contributed by atoms with Crippen LogP contribution in [0.2, 0.25) is 0 Å². The van der Waals surface area contributed by atoms with Crippen molar-refractivity contribution in [3.05, 3.63) is 29.3 Å². The van der Waals surface area contributed by atoms with Gasteiger partial charge in [-0.15, -0.1) is 0 Å². The number of amides is 2. The fourth-order valence-corrected chi connectivity index (χ4v) is 2.31. The zero-order valence-electron chi connectivity index (χ0n) is 10.9. The first-order valence-corrected chi connectivity index (χ1v) is 6.34. The summed E-state index contributed by atoms with van der Waals surface area (Å²) in [6.07, 6.45) is 0.886. The van der Waals surface area contributed by atoms with E-state index in [0.29, 0.717) is 6.54 Å². The van der Waals surface area contributed by atoms with Gasteiger partial charge in [0.05, 0.1) is 0 Å². The molecule has 1 saturated heterocycles. The third-order valence-corrected chi connectivity index (χ3v) is 3.45. The van der Waals surface area contributed by atoms with E-state index in [-0.39, 0.29) is 18.6 Å². The first kappa shape index (κ1) is 12.9. The Bertz CT molecular complexity index is 445. The van der Waals surface area contributed by atoms with E-state index in [0.717, 1.165) is 24.2 Å². The van der Waals surface area contributed by atoms with E-state index in [4.69, 9.17) is 5.11 Å². The molecular formula is C14H20N2O2. The molecule has 0 spiro atoms. The van der Waals surface area contributed by atoms with Crippen LogP contribution in [0.3, 0.4) is 0 Å². The molecule has 2 amide bonds. The third-order valence-electron chi connectivity index (χ3n) is 3.45. The van der Waals surface area contributed by atoms with Crippen LogP contribution in [0.1, 0.15) is 17.5 Å². The van der Waals surface area contributed by atoms with Gasteiger partial charge >= 0.3 is 6.03 Å². The number of benzene rings is 1. The molecule has 1 aliphatic heterocycles. The lowest BCUT2D eigenvalue weighted by molar-refractivity contribution is 0.208. The van der Waals surface area contributed by atoms with E-state index in [9.17, 15) is 4.79 Å². The van der Waals surface area contributed by atoms with E-state index in [1.807, 2.05) is 26.0 Å². The number of aryl methyl sites for hydroxylation is 2. The minimum absolute atomic E-state index is 0.0714. The number of aliphatic hydroxyl groups excluding tert-OH is 1. The largest absolute Gasteiger partial charge is 0.396 e. The lowest BCUT2D eigenvalue weighted by atomic mass is 10.1. The van der Waals surface area contributed by atoms with Crippen LogP contribution in [0.4, 0.5) is 10.5 Å². The van der Waals surface area contributed by atoms with Gasteiger partial charge in [0.1, 0.15) is 0 Å². The number of nitrogens with one attached hydrogen (secondary N) is 1. The second kappa shape index (κ2) is 5.40. The molecule has 1 atom stereocenters. The van der Waals surface area contributed by atoms with Gasteiger partial charge in [0.15, 0.2) is 0 Å². The van der Waals surface area contributed by atoms with Crippen molar-refractivity contribution in [1.82, 2.24) is 4.90 Å². The molecule has 1 aromatic rings. The van der Waals surface area contributed by atoms with Gasteiger partial charge in [0.25, 0.3) is 0 Å². The minimum atomic E-state index is -0.0714. The molecule has 1 fully saturated rings. The van der Waals surface area contributed by atoms with Crippen LogP contribution in [0.15, 0.2) is 18.2 Å². The monoisotopic (exact) mass is 248 g/mol. The van der Waals surface area contributed by atoms with Gasteiger partial charge in [0, 0.05) is 31.3 Å². The molecule has 2 rings (SSSR count). The van der Waals surface area contributed by atoms with E-state index in [1.165, 1.54) is 5.56 Å². The van der Waals surface area contributed by atoms with Gasteiger partial charge in [-0.2, -0.15) is 0 Å². The SMILES string of the molecule is Cc1ccc(NC(=O)N2CCC(CO)C2)c(C)c1. The summed E-state index contributed by atoms with van der Waals surface area (Å²) in [6, 6.07) is 5.90. The zero-order chi connectivity index (χ0) is 13.1. The van der Waals surface area contributed by atoms with Crippen LogP contribution in [0, 0.1) is 19.8 Å². The van der Waals surface area contributed by atoms with E-state index < -0.39 is 0 Å². The number of likely N-dealkylation sites (tertiary alicyclic amines) is 1. The van der Waals surface area contributed by atoms with Crippen molar-refractivity contribution in [3.8, 4) is 0 Å². The van der Waals surface area contributed by atoms with Gasteiger partial charge in [-0.05, 0) is 31.9 Å². The van der Waals surface area contributed by atoms with Gasteiger partial charge in [-0.1, -0.05) is 17.7 Å². The zero-order valence-corrected chi connectivity index (χ0v) is 10.9. The maximum absolute atomic E-state index is 12.0. The third kappa shape index (κ3) is 2.82. The van der Waals surface area contributed by atoms with Crippen LogP contribution < -0.4 is 5.32 Å². The summed E-state index contributed by atoms with van der Waals surface area (Å²) in [5.74, 6) is 0.231. The van der Waals surface area contributed by atoms with Crippen molar-refractivity contribution >= 4 is 11.7 Å². The van der Waals surface area contributed by atoms with E-state index in [1.54, 1.807) is 4.90 Å². The molecule has 0 aliphatic carbocycles. The summed E-state index contributed by atoms with van der Waals surface area (Å²) in [7, 11) is 0. The molecule has 1 heterocycles. The summed E-state index contributed by atoms with van der Waals surface area (Å²) >= 11 is 0. The number of urea groups is 1. The Morgan fingerprint density at radius 1 is 1.50 bits per heavy atom. The predicted octanol–water partition coefficient (Wildman–Crippen LogP) is 2.15. The van der Waals surface area contributed by atoms with Crippen LogP contribution in [-0.4, -0.2) is 35.7 Å². The maximum Gasteiger partial charge on any atom is 0.321 e. The first-order chi connectivity index (χ1) is 8.60. The Hall–Kier alpha value is -1.55. The molecule has 2 N–H and O–H groups in total. The van der Waals surface area contributed by atoms with E-state index >= 15 is 0 Å². The Labute approximate surface area is 108 Å². The molecule has 4 nitrogen and oxygen atoms in total. The highest BCUT2D eigenvalue weighted by Gasteiger charge is 2.25. The molecule has 0 bridgehead atoms. The highest BCUT2D eigenvalue weighted by molar-refractivity contribution is 5.90. The highest BCUT2D eigenvalue weighted by atomic mass is 16.3. The maximum atomic E-state index is 12.0. The predicted molar refractivity (Wildman–Crippen MR) is 71.7 cm³/mol. The van der Waals surface area contributed by atoms with Crippen LogP contribution in [0.25, 0.3) is 0 Å². The van der Waals surface area contributed by atoms with Gasteiger partial charge < -0.3 is 15.3 Å². The van der Waals surface area contributed by atoms with Crippen molar-refractivity contribution in [3.63, 3.8) is 0 Å². The number of anilines is 1. The lowest BCUT2D eigenvalue weighted by Crippen LogP contribution is -2.33. The molecule has 0 aromatic heterocycles. The normalized spacial score (nSPS) is 19.1. The molecule has 0 radical (unpaired) electrons. The smallest absolute Gasteiger partial charge is 0.321 e. The number of rotatable bonds is 2. The lowest BCUT2D eigenvalue weighted by Gasteiger charge is -2.18. The Kier molecular flexibility index (Phi) is 3.87. The standard InChI is InChI=1S/C14H20N2O2/c1-10-3-4-13(11(2)7-10)15-14(18)16-6-5-12(8-16)9-17/h3-4,7,12,17H,5-6,8-9H2,1-2H3,(H,15,18). The van der Waals surface area contributed by atoms with Crippen LogP contribution in [-0.2, 0) is 0 Å². The number of hydrogen-bond acceptors (Lipinski definition) is 2. The number of aliphatic hydroxyl groups is 1. The van der Waals surface area contributed by atoms with E-state index in [2.05, 4.69) is 11.4 Å². The Balaban J connectivity index is 1.99. The molecule has 1 aromatic carbocycles. The molecule has 1 aliphatic rings. The molecular weight excluding hydrogens is 228 g/mol. The minimum Gasteiger partial charge on any atom is -0.396 e. The van der Waals surface area contributed by atoms with Crippen molar-refractivity contribution < 1.29 is 9.90 Å². The van der Waals surface area contributed by atoms with Gasteiger partial charge in [-0.3, -0.25) is 0 Å². The first-order valence-electron chi connectivity index (χ1n) is 6.34. The van der Waals surface area contributed by atoms with Gasteiger partial charge in [-0.25, -0.2) is 4.79 Å². The summed E-state index contributed by atoms with van der Waals surface area (Å²) in [4.78, 5) is 13.8. The summed E-state index contributed by atoms with van der Waals surface area (Å²) in [5.41, 5.74) is 3.12. The van der Waals surface area contributed by atoms with Crippen molar-refractivity contribution in [1.29, 1.82) is 0 Å². The number of nitrogens with zero attached hydrogens (tertiary/aromatic N) is 1. The van der Waals surface area contributed by atoms with Crippen LogP contribution >= 0.6 is 0 Å². The summed E-state index contributed by atoms with van der Waals surface area (Å²) < 4.78 is 0. The average molecular weight is 248 g/mol. The van der Waals surface area contributed by atoms with Gasteiger partial charge in [0.2, 0.25) is 0 Å². The van der Waals surface area contributed by atoms with Crippen molar-refractivity contribution in [2.45, 2.75) is 20.3 Å². The average Bonchev–Trinajstić information content (AvgIpc) is 2.81. The highest BCUT2D eigenvalue weighted by Crippen LogP contribution is 2.19.